The Balaban J connectivity index is 1.71. The van der Waals surface area contributed by atoms with E-state index in [1.54, 1.807) is 43.3 Å². The van der Waals surface area contributed by atoms with Gasteiger partial charge in [-0.15, -0.1) is 0 Å². The van der Waals surface area contributed by atoms with Crippen LogP contribution in [-0.2, 0) is 22.0 Å². The number of hydrogen-bond acceptors (Lipinski definition) is 3. The lowest BCUT2D eigenvalue weighted by Gasteiger charge is -2.19. The molecule has 0 aliphatic rings. The van der Waals surface area contributed by atoms with Gasteiger partial charge in [0.25, 0.3) is 15.9 Å². The molecule has 3 aromatic carbocycles. The first-order chi connectivity index (χ1) is 14.6. The zero-order valence-corrected chi connectivity index (χ0v) is 19.1. The lowest BCUT2D eigenvalue weighted by atomic mass is 9.87. The molecule has 3 rings (SSSR count). The van der Waals surface area contributed by atoms with Gasteiger partial charge >= 0.3 is 0 Å². The SMILES string of the molecule is Cc1ccc(C(=O)NCc2ccc(C(C)(C)C)cc2)cc1NS(=O)(=O)c1ccccc1. The molecule has 0 spiro atoms. The number of anilines is 1. The minimum Gasteiger partial charge on any atom is -0.348 e. The number of carbonyl (C=O) groups is 1. The molecule has 0 fully saturated rings. The first-order valence-corrected chi connectivity index (χ1v) is 11.6. The minimum atomic E-state index is -3.73. The summed E-state index contributed by atoms with van der Waals surface area (Å²) in [6.45, 7) is 8.66. The van der Waals surface area contributed by atoms with Crippen LogP contribution in [-0.4, -0.2) is 14.3 Å². The van der Waals surface area contributed by atoms with Gasteiger partial charge in [-0.2, -0.15) is 0 Å². The monoisotopic (exact) mass is 436 g/mol. The minimum absolute atomic E-state index is 0.0766. The van der Waals surface area contributed by atoms with E-state index in [0.717, 1.165) is 11.1 Å². The fourth-order valence-electron chi connectivity index (χ4n) is 3.08. The van der Waals surface area contributed by atoms with Crippen molar-refractivity contribution in [1.82, 2.24) is 5.32 Å². The molecule has 0 bridgehead atoms. The van der Waals surface area contributed by atoms with Crippen LogP contribution in [0, 0.1) is 6.92 Å². The van der Waals surface area contributed by atoms with Gasteiger partial charge in [-0.05, 0) is 53.3 Å². The largest absolute Gasteiger partial charge is 0.348 e. The molecule has 0 aliphatic carbocycles. The fraction of sp³-hybridized carbons (Fsp3) is 0.240. The van der Waals surface area contributed by atoms with E-state index in [4.69, 9.17) is 0 Å². The van der Waals surface area contributed by atoms with Gasteiger partial charge < -0.3 is 5.32 Å². The number of carbonyl (C=O) groups excluding carboxylic acids is 1. The van der Waals surface area contributed by atoms with Crippen molar-refractivity contribution in [3.8, 4) is 0 Å². The van der Waals surface area contributed by atoms with E-state index >= 15 is 0 Å². The second-order valence-corrected chi connectivity index (χ2v) is 10.3. The fourth-order valence-corrected chi connectivity index (χ4v) is 4.23. The summed E-state index contributed by atoms with van der Waals surface area (Å²) < 4.78 is 27.8. The molecule has 0 atom stereocenters. The van der Waals surface area contributed by atoms with E-state index in [1.807, 2.05) is 12.1 Å². The second-order valence-electron chi connectivity index (χ2n) is 8.58. The van der Waals surface area contributed by atoms with Crippen LogP contribution in [0.1, 0.15) is 47.8 Å². The average Bonchev–Trinajstić information content (AvgIpc) is 2.74. The van der Waals surface area contributed by atoms with Gasteiger partial charge in [-0.25, -0.2) is 8.42 Å². The maximum atomic E-state index is 12.7. The van der Waals surface area contributed by atoms with Gasteiger partial charge in [0.15, 0.2) is 0 Å². The van der Waals surface area contributed by atoms with Crippen LogP contribution in [0.4, 0.5) is 5.69 Å². The van der Waals surface area contributed by atoms with Crippen molar-refractivity contribution in [3.63, 3.8) is 0 Å². The summed E-state index contributed by atoms with van der Waals surface area (Å²) in [4.78, 5) is 12.8. The molecule has 162 valence electrons. The molecule has 3 aromatic rings. The third-order valence-electron chi connectivity index (χ3n) is 5.07. The zero-order chi connectivity index (χ0) is 22.6. The van der Waals surface area contributed by atoms with Crippen molar-refractivity contribution in [2.45, 2.75) is 44.6 Å². The van der Waals surface area contributed by atoms with E-state index in [-0.39, 0.29) is 16.2 Å². The molecule has 2 N–H and O–H groups in total. The van der Waals surface area contributed by atoms with Crippen molar-refractivity contribution in [3.05, 3.63) is 95.1 Å². The van der Waals surface area contributed by atoms with Crippen LogP contribution >= 0.6 is 0 Å². The van der Waals surface area contributed by atoms with E-state index in [0.29, 0.717) is 17.8 Å². The summed E-state index contributed by atoms with van der Waals surface area (Å²) in [5, 5.41) is 2.90. The van der Waals surface area contributed by atoms with Crippen LogP contribution in [0.15, 0.2) is 77.7 Å². The van der Waals surface area contributed by atoms with Crippen molar-refractivity contribution in [2.24, 2.45) is 0 Å². The highest BCUT2D eigenvalue weighted by atomic mass is 32.2. The first kappa shape index (κ1) is 22.6. The van der Waals surface area contributed by atoms with Crippen molar-refractivity contribution < 1.29 is 13.2 Å². The third kappa shape index (κ3) is 5.73. The van der Waals surface area contributed by atoms with Gasteiger partial charge in [0.2, 0.25) is 0 Å². The summed E-state index contributed by atoms with van der Waals surface area (Å²) >= 11 is 0. The molecule has 31 heavy (non-hydrogen) atoms. The molecule has 0 aliphatic heterocycles. The standard InChI is InChI=1S/C25H28N2O3S/c1-18-10-13-20(16-23(18)27-31(29,30)22-8-6-5-7-9-22)24(28)26-17-19-11-14-21(15-12-19)25(2,3)4/h5-16,27H,17H2,1-4H3,(H,26,28). The summed E-state index contributed by atoms with van der Waals surface area (Å²) in [5.74, 6) is -0.264. The second kappa shape index (κ2) is 8.94. The van der Waals surface area contributed by atoms with Crippen LogP contribution < -0.4 is 10.0 Å². The summed E-state index contributed by atoms with van der Waals surface area (Å²) in [6, 6.07) is 21.3. The van der Waals surface area contributed by atoms with Crippen LogP contribution in [0.25, 0.3) is 0 Å². The Labute approximate surface area is 184 Å². The van der Waals surface area contributed by atoms with Gasteiger partial charge in [-0.3, -0.25) is 9.52 Å². The molecule has 0 saturated heterocycles. The Morgan fingerprint density at radius 1 is 0.903 bits per heavy atom. The topological polar surface area (TPSA) is 75.3 Å². The highest BCUT2D eigenvalue weighted by molar-refractivity contribution is 7.92. The normalized spacial score (nSPS) is 11.7. The van der Waals surface area contributed by atoms with Gasteiger partial charge in [0.1, 0.15) is 0 Å². The summed E-state index contributed by atoms with van der Waals surface area (Å²) in [7, 11) is -3.73. The number of hydrogen-bond donors (Lipinski definition) is 2. The van der Waals surface area contributed by atoms with Gasteiger partial charge in [0, 0.05) is 12.1 Å². The highest BCUT2D eigenvalue weighted by Gasteiger charge is 2.17. The predicted molar refractivity (Wildman–Crippen MR) is 125 cm³/mol. The Hall–Kier alpha value is -3.12. The number of sulfonamides is 1. The molecule has 0 aromatic heterocycles. The van der Waals surface area contributed by atoms with E-state index in [1.165, 1.54) is 17.7 Å². The Morgan fingerprint density at radius 3 is 2.16 bits per heavy atom. The maximum absolute atomic E-state index is 12.7. The van der Waals surface area contributed by atoms with E-state index < -0.39 is 10.0 Å². The molecular weight excluding hydrogens is 408 g/mol. The first-order valence-electron chi connectivity index (χ1n) is 10.1. The molecule has 1 amide bonds. The van der Waals surface area contributed by atoms with Crippen LogP contribution in [0.5, 0.6) is 0 Å². The lowest BCUT2D eigenvalue weighted by molar-refractivity contribution is 0.0951. The summed E-state index contributed by atoms with van der Waals surface area (Å²) in [6.07, 6.45) is 0. The molecule has 0 saturated carbocycles. The van der Waals surface area contributed by atoms with Gasteiger partial charge in [-0.1, -0.05) is 69.3 Å². The molecule has 0 radical (unpaired) electrons. The zero-order valence-electron chi connectivity index (χ0n) is 18.3. The molecule has 0 heterocycles. The quantitative estimate of drug-likeness (QED) is 0.569. The number of aryl methyl sites for hydroxylation is 1. The molecule has 0 unspecified atom stereocenters. The smallest absolute Gasteiger partial charge is 0.261 e. The summed E-state index contributed by atoms with van der Waals surface area (Å²) in [5.41, 5.74) is 3.81. The molecule has 5 nitrogen and oxygen atoms in total. The predicted octanol–water partition coefficient (Wildman–Crippen LogP) is 5.02. The van der Waals surface area contributed by atoms with E-state index in [9.17, 15) is 13.2 Å². The average molecular weight is 437 g/mol. The maximum Gasteiger partial charge on any atom is 0.261 e. The van der Waals surface area contributed by atoms with Crippen molar-refractivity contribution in [1.29, 1.82) is 0 Å². The van der Waals surface area contributed by atoms with Crippen molar-refractivity contribution >= 4 is 21.6 Å². The highest BCUT2D eigenvalue weighted by Crippen LogP contribution is 2.23. The van der Waals surface area contributed by atoms with Gasteiger partial charge in [0.05, 0.1) is 10.6 Å². The lowest BCUT2D eigenvalue weighted by Crippen LogP contribution is -2.23. The number of amides is 1. The van der Waals surface area contributed by atoms with E-state index in [2.05, 4.69) is 42.9 Å². The Morgan fingerprint density at radius 2 is 1.55 bits per heavy atom. The molecular formula is C25H28N2O3S. The number of nitrogens with one attached hydrogen (secondary N) is 2. The Bertz CT molecular complexity index is 1160. The Kier molecular flexibility index (Phi) is 6.51. The van der Waals surface area contributed by atoms with Crippen LogP contribution in [0.3, 0.4) is 0 Å². The molecule has 6 heteroatoms. The number of benzene rings is 3. The van der Waals surface area contributed by atoms with Crippen LogP contribution in [0.2, 0.25) is 0 Å². The number of rotatable bonds is 6. The third-order valence-corrected chi connectivity index (χ3v) is 6.45. The van der Waals surface area contributed by atoms with Crippen molar-refractivity contribution in [2.75, 3.05) is 4.72 Å².